The molecule has 0 aliphatic rings. The van der Waals surface area contributed by atoms with Crippen molar-refractivity contribution in [3.63, 3.8) is 0 Å². The number of rotatable bonds is 6. The van der Waals surface area contributed by atoms with E-state index >= 15 is 0 Å². The number of ether oxygens (including phenoxy) is 1. The van der Waals surface area contributed by atoms with Crippen LogP contribution >= 0.6 is 11.6 Å². The Morgan fingerprint density at radius 1 is 1.19 bits per heavy atom. The molecule has 1 atom stereocenters. The molecule has 1 heterocycles. The van der Waals surface area contributed by atoms with Crippen LogP contribution < -0.4 is 10.1 Å². The van der Waals surface area contributed by atoms with Crippen LogP contribution in [0.4, 0.5) is 4.39 Å². The lowest BCUT2D eigenvalue weighted by Gasteiger charge is -2.15. The number of benzene rings is 2. The van der Waals surface area contributed by atoms with E-state index in [1.54, 1.807) is 49.4 Å². The van der Waals surface area contributed by atoms with E-state index in [4.69, 9.17) is 16.3 Å². The molecule has 7 heteroatoms. The number of para-hydroxylation sites is 1. The van der Waals surface area contributed by atoms with Gasteiger partial charge in [0.05, 0.1) is 23.0 Å². The molecule has 3 rings (SSSR count). The fraction of sp³-hybridized carbons (Fsp3) is 0.150. The van der Waals surface area contributed by atoms with E-state index in [0.717, 1.165) is 5.56 Å². The zero-order chi connectivity index (χ0) is 19.2. The SMILES string of the molecule is CC(Oc1ccccc1Cl)C(=O)NCc1cc(-c2ccc(F)cc2)ncn1. The molecule has 0 saturated carbocycles. The van der Waals surface area contributed by atoms with E-state index in [1.807, 2.05) is 0 Å². The quantitative estimate of drug-likeness (QED) is 0.696. The summed E-state index contributed by atoms with van der Waals surface area (Å²) < 4.78 is 18.6. The maximum absolute atomic E-state index is 13.0. The molecule has 1 unspecified atom stereocenters. The van der Waals surface area contributed by atoms with Gasteiger partial charge in [-0.2, -0.15) is 0 Å². The van der Waals surface area contributed by atoms with Crippen molar-refractivity contribution in [2.45, 2.75) is 19.6 Å². The maximum atomic E-state index is 13.0. The van der Waals surface area contributed by atoms with Gasteiger partial charge in [0, 0.05) is 5.56 Å². The molecule has 0 bridgehead atoms. The summed E-state index contributed by atoms with van der Waals surface area (Å²) in [5.41, 5.74) is 2.04. The van der Waals surface area contributed by atoms with Crippen LogP contribution in [0.2, 0.25) is 5.02 Å². The van der Waals surface area contributed by atoms with Gasteiger partial charge in [-0.15, -0.1) is 0 Å². The van der Waals surface area contributed by atoms with Crippen molar-refractivity contribution in [3.05, 3.63) is 77.5 Å². The van der Waals surface area contributed by atoms with E-state index in [9.17, 15) is 9.18 Å². The zero-order valence-corrected chi connectivity index (χ0v) is 15.3. The molecule has 1 amide bonds. The minimum atomic E-state index is -0.719. The smallest absolute Gasteiger partial charge is 0.261 e. The normalized spacial score (nSPS) is 11.7. The fourth-order valence-corrected chi connectivity index (χ4v) is 2.56. The molecule has 0 aliphatic heterocycles. The van der Waals surface area contributed by atoms with Gasteiger partial charge in [-0.25, -0.2) is 14.4 Å². The van der Waals surface area contributed by atoms with Crippen LogP contribution in [0.25, 0.3) is 11.3 Å². The highest BCUT2D eigenvalue weighted by Crippen LogP contribution is 2.24. The number of aromatic nitrogens is 2. The maximum Gasteiger partial charge on any atom is 0.261 e. The minimum Gasteiger partial charge on any atom is -0.479 e. The molecule has 27 heavy (non-hydrogen) atoms. The van der Waals surface area contributed by atoms with Crippen LogP contribution in [0.5, 0.6) is 5.75 Å². The Labute approximate surface area is 161 Å². The lowest BCUT2D eigenvalue weighted by atomic mass is 10.1. The van der Waals surface area contributed by atoms with Crippen molar-refractivity contribution >= 4 is 17.5 Å². The third kappa shape index (κ3) is 5.01. The molecular weight excluding hydrogens is 369 g/mol. The predicted molar refractivity (Wildman–Crippen MR) is 101 cm³/mol. The van der Waals surface area contributed by atoms with E-state index in [2.05, 4.69) is 15.3 Å². The average molecular weight is 386 g/mol. The second kappa shape index (κ2) is 8.60. The first-order valence-electron chi connectivity index (χ1n) is 8.28. The van der Waals surface area contributed by atoms with Gasteiger partial charge in [0.15, 0.2) is 6.10 Å². The molecule has 2 aromatic carbocycles. The third-order valence-corrected chi connectivity index (χ3v) is 4.13. The highest BCUT2D eigenvalue weighted by atomic mass is 35.5. The Morgan fingerprint density at radius 3 is 2.67 bits per heavy atom. The van der Waals surface area contributed by atoms with Crippen molar-refractivity contribution in [3.8, 4) is 17.0 Å². The molecule has 1 N–H and O–H groups in total. The third-order valence-electron chi connectivity index (χ3n) is 3.82. The summed E-state index contributed by atoms with van der Waals surface area (Å²) in [6.45, 7) is 1.86. The number of hydrogen-bond donors (Lipinski definition) is 1. The first-order chi connectivity index (χ1) is 13.0. The molecule has 0 radical (unpaired) electrons. The molecule has 138 valence electrons. The number of nitrogens with one attached hydrogen (secondary N) is 1. The molecule has 1 aromatic heterocycles. The van der Waals surface area contributed by atoms with Crippen molar-refractivity contribution in [2.24, 2.45) is 0 Å². The molecule has 3 aromatic rings. The lowest BCUT2D eigenvalue weighted by molar-refractivity contribution is -0.127. The van der Waals surface area contributed by atoms with E-state index in [-0.39, 0.29) is 18.3 Å². The van der Waals surface area contributed by atoms with Gasteiger partial charge in [-0.1, -0.05) is 23.7 Å². The Bertz CT molecular complexity index is 935. The number of halogens is 2. The van der Waals surface area contributed by atoms with Gasteiger partial charge in [0.1, 0.15) is 17.9 Å². The summed E-state index contributed by atoms with van der Waals surface area (Å²) in [5.74, 6) is -0.160. The van der Waals surface area contributed by atoms with Gasteiger partial charge in [0.2, 0.25) is 0 Å². The first-order valence-corrected chi connectivity index (χ1v) is 8.66. The molecule has 0 saturated heterocycles. The highest BCUT2D eigenvalue weighted by Gasteiger charge is 2.16. The largest absolute Gasteiger partial charge is 0.479 e. The van der Waals surface area contributed by atoms with Gasteiger partial charge in [0.25, 0.3) is 5.91 Å². The Hall–Kier alpha value is -2.99. The van der Waals surface area contributed by atoms with E-state index < -0.39 is 6.10 Å². The predicted octanol–water partition coefficient (Wildman–Crippen LogP) is 4.02. The Morgan fingerprint density at radius 2 is 1.93 bits per heavy atom. The standard InChI is InChI=1S/C20H17ClFN3O2/c1-13(27-19-5-3-2-4-17(19)21)20(26)23-11-16-10-18(25-12-24-16)14-6-8-15(22)9-7-14/h2-10,12-13H,11H2,1H3,(H,23,26). The number of nitrogens with zero attached hydrogens (tertiary/aromatic N) is 2. The monoisotopic (exact) mass is 385 g/mol. The summed E-state index contributed by atoms with van der Waals surface area (Å²) in [5, 5.41) is 3.21. The average Bonchev–Trinajstić information content (AvgIpc) is 2.68. The Kier molecular flexibility index (Phi) is 5.98. The fourth-order valence-electron chi connectivity index (χ4n) is 2.38. The second-order valence-electron chi connectivity index (χ2n) is 5.81. The lowest BCUT2D eigenvalue weighted by Crippen LogP contribution is -2.36. The van der Waals surface area contributed by atoms with Crippen molar-refractivity contribution in [1.29, 1.82) is 0 Å². The summed E-state index contributed by atoms with van der Waals surface area (Å²) in [6, 6.07) is 14.7. The van der Waals surface area contributed by atoms with Gasteiger partial charge in [-0.3, -0.25) is 4.79 Å². The van der Waals surface area contributed by atoms with Crippen LogP contribution in [-0.4, -0.2) is 22.0 Å². The van der Waals surface area contributed by atoms with Gasteiger partial charge < -0.3 is 10.1 Å². The number of carbonyl (C=O) groups excluding carboxylic acids is 1. The minimum absolute atomic E-state index is 0.214. The van der Waals surface area contributed by atoms with Crippen LogP contribution in [0.1, 0.15) is 12.6 Å². The summed E-state index contributed by atoms with van der Waals surface area (Å²) in [6.07, 6.45) is 0.687. The van der Waals surface area contributed by atoms with Crippen LogP contribution in [-0.2, 0) is 11.3 Å². The van der Waals surface area contributed by atoms with Crippen molar-refractivity contribution < 1.29 is 13.9 Å². The van der Waals surface area contributed by atoms with Crippen molar-refractivity contribution in [1.82, 2.24) is 15.3 Å². The summed E-state index contributed by atoms with van der Waals surface area (Å²) in [4.78, 5) is 20.6. The number of carbonyl (C=O) groups is 1. The second-order valence-corrected chi connectivity index (χ2v) is 6.22. The van der Waals surface area contributed by atoms with E-state index in [0.29, 0.717) is 22.2 Å². The molecule has 0 fully saturated rings. The summed E-state index contributed by atoms with van der Waals surface area (Å²) in [7, 11) is 0. The molecular formula is C20H17ClFN3O2. The van der Waals surface area contributed by atoms with Crippen LogP contribution in [0, 0.1) is 5.82 Å². The number of hydrogen-bond acceptors (Lipinski definition) is 4. The van der Waals surface area contributed by atoms with Crippen molar-refractivity contribution in [2.75, 3.05) is 0 Å². The first kappa shape index (κ1) is 18.8. The molecule has 0 spiro atoms. The van der Waals surface area contributed by atoms with E-state index in [1.165, 1.54) is 18.5 Å². The highest BCUT2D eigenvalue weighted by molar-refractivity contribution is 6.32. The van der Waals surface area contributed by atoms with Gasteiger partial charge >= 0.3 is 0 Å². The summed E-state index contributed by atoms with van der Waals surface area (Å²) >= 11 is 6.03. The van der Waals surface area contributed by atoms with Gasteiger partial charge in [-0.05, 0) is 49.4 Å². The molecule has 0 aliphatic carbocycles. The topological polar surface area (TPSA) is 64.1 Å². The zero-order valence-electron chi connectivity index (χ0n) is 14.5. The molecule has 5 nitrogen and oxygen atoms in total. The van der Waals surface area contributed by atoms with Crippen LogP contribution in [0.15, 0.2) is 60.9 Å². The van der Waals surface area contributed by atoms with Crippen LogP contribution in [0.3, 0.4) is 0 Å². The number of amides is 1. The Balaban J connectivity index is 1.61.